The van der Waals surface area contributed by atoms with Crippen LogP contribution in [0, 0.1) is 5.95 Å². The van der Waals surface area contributed by atoms with Crippen molar-refractivity contribution < 1.29 is 13.9 Å². The van der Waals surface area contributed by atoms with Crippen LogP contribution in [-0.4, -0.2) is 27.8 Å². The third-order valence-corrected chi connectivity index (χ3v) is 2.43. The van der Waals surface area contributed by atoms with Crippen molar-refractivity contribution in [1.82, 2.24) is 15.2 Å². The van der Waals surface area contributed by atoms with Crippen molar-refractivity contribution in [3.63, 3.8) is 0 Å². The molecule has 0 aromatic carbocycles. The summed E-state index contributed by atoms with van der Waals surface area (Å²) < 4.78 is 17.9. The number of hydrogen-bond donors (Lipinski definition) is 1. The van der Waals surface area contributed by atoms with Crippen LogP contribution in [0.2, 0.25) is 5.15 Å². The monoisotopic (exact) mass is 269 g/mol. The molecule has 2 aromatic heterocycles. The zero-order chi connectivity index (χ0) is 13.1. The first-order chi connectivity index (χ1) is 8.63. The van der Waals surface area contributed by atoms with Gasteiger partial charge in [-0.05, 0) is 19.1 Å². The fraction of sp³-hybridized carbons (Fsp3) is 0.182. The largest absolute Gasteiger partial charge is 0.462 e. The lowest BCUT2D eigenvalue weighted by molar-refractivity contribution is 0.0527. The van der Waals surface area contributed by atoms with Gasteiger partial charge in [0.05, 0.1) is 12.3 Å². The van der Waals surface area contributed by atoms with Crippen LogP contribution in [0.15, 0.2) is 18.2 Å². The Balaban J connectivity index is 2.49. The molecule has 5 nitrogen and oxygen atoms in total. The fourth-order valence-electron chi connectivity index (χ4n) is 1.44. The van der Waals surface area contributed by atoms with E-state index >= 15 is 0 Å². The Kier molecular flexibility index (Phi) is 3.57. The summed E-state index contributed by atoms with van der Waals surface area (Å²) in [6.07, 6.45) is 0. The maximum absolute atomic E-state index is 13.0. The molecular weight excluding hydrogens is 261 g/mol. The van der Waals surface area contributed by atoms with Crippen molar-refractivity contribution in [3.8, 4) is 11.4 Å². The molecule has 2 rings (SSSR count). The van der Waals surface area contributed by atoms with E-state index in [1.807, 2.05) is 0 Å². The highest BCUT2D eigenvalue weighted by Crippen LogP contribution is 2.26. The van der Waals surface area contributed by atoms with Crippen molar-refractivity contribution in [2.75, 3.05) is 6.61 Å². The molecule has 1 N–H and O–H groups in total. The molecule has 0 amide bonds. The van der Waals surface area contributed by atoms with Crippen LogP contribution in [-0.2, 0) is 4.74 Å². The zero-order valence-corrected chi connectivity index (χ0v) is 10.2. The minimum atomic E-state index is -0.665. The van der Waals surface area contributed by atoms with Gasteiger partial charge in [-0.2, -0.15) is 9.49 Å². The first kappa shape index (κ1) is 12.5. The number of rotatable bonds is 3. The van der Waals surface area contributed by atoms with Crippen molar-refractivity contribution in [2.24, 2.45) is 0 Å². The normalized spacial score (nSPS) is 10.4. The Labute approximate surface area is 107 Å². The second-order valence-electron chi connectivity index (χ2n) is 3.33. The Bertz CT molecular complexity index is 585. The predicted molar refractivity (Wildman–Crippen MR) is 62.7 cm³/mol. The number of esters is 1. The van der Waals surface area contributed by atoms with Crippen molar-refractivity contribution in [1.29, 1.82) is 0 Å². The summed E-state index contributed by atoms with van der Waals surface area (Å²) in [5.41, 5.74) is 0.427. The summed E-state index contributed by atoms with van der Waals surface area (Å²) in [6.45, 7) is 1.88. The van der Waals surface area contributed by atoms with Crippen LogP contribution in [0.5, 0.6) is 0 Å². The zero-order valence-electron chi connectivity index (χ0n) is 9.41. The van der Waals surface area contributed by atoms with Gasteiger partial charge in [-0.1, -0.05) is 17.7 Å². The predicted octanol–water partition coefficient (Wildman–Crippen LogP) is 2.44. The highest BCUT2D eigenvalue weighted by molar-refractivity contribution is 6.33. The quantitative estimate of drug-likeness (QED) is 0.686. The number of carbonyl (C=O) groups is 1. The molecule has 0 aliphatic rings. The molecule has 0 atom stereocenters. The highest BCUT2D eigenvalue weighted by atomic mass is 35.5. The summed E-state index contributed by atoms with van der Waals surface area (Å²) >= 11 is 5.82. The molecule has 0 saturated heterocycles. The number of halogens is 2. The Hall–Kier alpha value is -1.95. The number of pyridine rings is 1. The third kappa shape index (κ3) is 2.33. The summed E-state index contributed by atoms with van der Waals surface area (Å²) in [4.78, 5) is 15.4. The number of aromatic amines is 1. The topological polar surface area (TPSA) is 67.9 Å². The highest BCUT2D eigenvalue weighted by Gasteiger charge is 2.22. The van der Waals surface area contributed by atoms with Gasteiger partial charge < -0.3 is 4.74 Å². The lowest BCUT2D eigenvalue weighted by Crippen LogP contribution is -2.06. The van der Waals surface area contributed by atoms with Crippen molar-refractivity contribution in [3.05, 3.63) is 34.9 Å². The average Bonchev–Trinajstić information content (AvgIpc) is 2.71. The maximum atomic E-state index is 13.0. The Morgan fingerprint density at radius 3 is 3.00 bits per heavy atom. The molecule has 7 heteroatoms. The second-order valence-corrected chi connectivity index (χ2v) is 3.71. The molecule has 0 radical (unpaired) electrons. The number of nitrogens with zero attached hydrogens (tertiary/aromatic N) is 2. The number of hydrogen-bond acceptors (Lipinski definition) is 4. The van der Waals surface area contributed by atoms with Gasteiger partial charge in [-0.15, -0.1) is 0 Å². The molecule has 2 heterocycles. The van der Waals surface area contributed by atoms with Gasteiger partial charge in [0.25, 0.3) is 0 Å². The van der Waals surface area contributed by atoms with Gasteiger partial charge >= 0.3 is 5.97 Å². The number of nitrogens with one attached hydrogen (secondary N) is 1. The van der Waals surface area contributed by atoms with E-state index < -0.39 is 11.9 Å². The van der Waals surface area contributed by atoms with E-state index in [-0.39, 0.29) is 28.7 Å². The molecule has 2 aromatic rings. The second kappa shape index (κ2) is 5.14. The van der Waals surface area contributed by atoms with Gasteiger partial charge in [-0.25, -0.2) is 9.78 Å². The van der Waals surface area contributed by atoms with Gasteiger partial charge in [0.1, 0.15) is 16.4 Å². The van der Waals surface area contributed by atoms with E-state index in [0.29, 0.717) is 0 Å². The van der Waals surface area contributed by atoms with E-state index in [9.17, 15) is 9.18 Å². The van der Waals surface area contributed by atoms with Crippen molar-refractivity contribution >= 4 is 17.6 Å². The van der Waals surface area contributed by atoms with E-state index in [4.69, 9.17) is 16.3 Å². The van der Waals surface area contributed by atoms with Crippen LogP contribution >= 0.6 is 11.6 Å². The van der Waals surface area contributed by atoms with Gasteiger partial charge in [0, 0.05) is 0 Å². The molecule has 0 bridgehead atoms. The van der Waals surface area contributed by atoms with Crippen molar-refractivity contribution in [2.45, 2.75) is 6.92 Å². The lowest BCUT2D eigenvalue weighted by Gasteiger charge is -2.02. The lowest BCUT2D eigenvalue weighted by atomic mass is 10.2. The van der Waals surface area contributed by atoms with Crippen LogP contribution < -0.4 is 0 Å². The van der Waals surface area contributed by atoms with Gasteiger partial charge in [0.2, 0.25) is 5.95 Å². The first-order valence-electron chi connectivity index (χ1n) is 5.17. The molecule has 0 aliphatic heterocycles. The SMILES string of the molecule is CCOC(=O)c1c(-c2cccc(F)n2)n[nH]c1Cl. The number of carbonyl (C=O) groups excluding carboxylic acids is 1. The van der Waals surface area contributed by atoms with Gasteiger partial charge in [0.15, 0.2) is 0 Å². The average molecular weight is 270 g/mol. The van der Waals surface area contributed by atoms with E-state index in [2.05, 4.69) is 15.2 Å². The van der Waals surface area contributed by atoms with Crippen LogP contribution in [0.1, 0.15) is 17.3 Å². The number of ether oxygens (including phenoxy) is 1. The van der Waals surface area contributed by atoms with E-state index in [0.717, 1.165) is 0 Å². The maximum Gasteiger partial charge on any atom is 0.343 e. The molecule has 0 aliphatic carbocycles. The standard InChI is InChI=1S/C11H9ClFN3O2/c1-2-18-11(17)8-9(15-16-10(8)12)6-4-3-5-7(13)14-6/h3-5H,2H2,1H3,(H,15,16). The third-order valence-electron chi connectivity index (χ3n) is 2.16. The van der Waals surface area contributed by atoms with E-state index in [1.54, 1.807) is 6.92 Å². The fourth-order valence-corrected chi connectivity index (χ4v) is 1.64. The number of H-pyrrole nitrogens is 1. The van der Waals surface area contributed by atoms with Crippen LogP contribution in [0.3, 0.4) is 0 Å². The van der Waals surface area contributed by atoms with E-state index in [1.165, 1.54) is 18.2 Å². The minimum Gasteiger partial charge on any atom is -0.462 e. The smallest absolute Gasteiger partial charge is 0.343 e. The summed E-state index contributed by atoms with van der Waals surface area (Å²) in [5, 5.41) is 6.33. The molecular formula is C11H9ClFN3O2. The molecule has 0 spiro atoms. The minimum absolute atomic E-state index is 0.0366. The molecule has 0 saturated carbocycles. The molecule has 0 fully saturated rings. The van der Waals surface area contributed by atoms with Crippen LogP contribution in [0.4, 0.5) is 4.39 Å². The first-order valence-corrected chi connectivity index (χ1v) is 5.55. The summed E-state index contributed by atoms with van der Waals surface area (Å²) in [6, 6.07) is 4.19. The van der Waals surface area contributed by atoms with Crippen LogP contribution in [0.25, 0.3) is 11.4 Å². The van der Waals surface area contributed by atoms with Gasteiger partial charge in [-0.3, -0.25) is 5.10 Å². The Morgan fingerprint density at radius 1 is 1.56 bits per heavy atom. The molecule has 18 heavy (non-hydrogen) atoms. The molecule has 0 unspecified atom stereocenters. The Morgan fingerprint density at radius 2 is 2.33 bits per heavy atom. The summed E-state index contributed by atoms with van der Waals surface area (Å²) in [7, 11) is 0. The number of aromatic nitrogens is 3. The molecule has 94 valence electrons. The summed E-state index contributed by atoms with van der Waals surface area (Å²) in [5.74, 6) is -1.29.